The number of nitrogens with one attached hydrogen (secondary N) is 5. The number of methoxy groups -OCH3 is 2. The van der Waals surface area contributed by atoms with Crippen molar-refractivity contribution >= 4 is 45.9 Å². The normalized spacial score (nSPS) is 12.3. The largest absolute Gasteiger partial charge is 0.493 e. The van der Waals surface area contributed by atoms with Crippen molar-refractivity contribution in [3.63, 3.8) is 0 Å². The van der Waals surface area contributed by atoms with Gasteiger partial charge in [-0.25, -0.2) is 34.3 Å². The molecule has 9 aromatic carbocycles. The summed E-state index contributed by atoms with van der Waals surface area (Å²) < 4.78 is 53.8. The first kappa shape index (κ1) is 87.7. The van der Waals surface area contributed by atoms with Crippen LogP contribution in [0.25, 0.3) is 96.4 Å². The molecule has 0 unspecified atom stereocenters. The van der Waals surface area contributed by atoms with E-state index in [9.17, 15) is 28.4 Å². The Labute approximate surface area is 765 Å². The molecule has 1 aliphatic carbocycles. The Bertz CT molecular complexity index is 7830. The highest BCUT2D eigenvalue weighted by atomic mass is 32.1. The SMILES string of the molecule is COc1ccc(OCc2cc(=O)n3[nH]c(-c4ccccc4)nc3n2)cc1OC.Cc1c(F)cccc1OCc1cc(=O)n2[nH]c(-c3ccccc3)nc2n1.Cc1csc(-c2ccc(OCc3cc(=O)n4[nH]c(-c5ccccc5)nc4n3)cc2)n1.O=c1cc(CN2CCc3ccccc32)nc2nc(-c3ccccc3)[nH]n12.O=c1cc(COC2CCCCC2)nc2nc(-c3ccccc3)[nH]n12. The maximum absolute atomic E-state index is 13.6. The number of aromatic nitrogens is 21. The molecule has 22 rings (SSSR count). The molecular weight excluding hydrogens is 1720 g/mol. The van der Waals surface area contributed by atoms with E-state index in [2.05, 4.69) is 103 Å². The third-order valence-corrected chi connectivity index (χ3v) is 23.0. The number of para-hydroxylation sites is 1. The molecule has 1 saturated carbocycles. The van der Waals surface area contributed by atoms with Crippen LogP contribution in [-0.2, 0) is 44.1 Å². The number of benzene rings is 9. The summed E-state index contributed by atoms with van der Waals surface area (Å²) in [5.74, 6) is 7.13. The van der Waals surface area contributed by atoms with Crippen molar-refractivity contribution in [1.29, 1.82) is 0 Å². The summed E-state index contributed by atoms with van der Waals surface area (Å²) in [5.41, 5.74) is 11.2. The molecule has 35 heteroatoms. The fraction of sp³-hybridized carbons (Fsp3) is 0.172. The fourth-order valence-corrected chi connectivity index (χ4v) is 15.9. The van der Waals surface area contributed by atoms with Gasteiger partial charge in [0.25, 0.3) is 56.7 Å². The fourth-order valence-electron chi connectivity index (χ4n) is 15.1. The van der Waals surface area contributed by atoms with Crippen molar-refractivity contribution in [3.05, 3.63) is 375 Å². The summed E-state index contributed by atoms with van der Waals surface area (Å²) >= 11 is 1.61. The van der Waals surface area contributed by atoms with Crippen LogP contribution in [0, 0.1) is 19.7 Å². The molecule has 0 bridgehead atoms. The van der Waals surface area contributed by atoms with Gasteiger partial charge in [-0.15, -0.1) is 11.3 Å². The zero-order chi connectivity index (χ0) is 92.0. The zero-order valence-electron chi connectivity index (χ0n) is 72.9. The number of H-pyrrole nitrogens is 5. The molecule has 0 radical (unpaired) electrons. The van der Waals surface area contributed by atoms with Crippen molar-refractivity contribution in [2.45, 2.75) is 91.4 Å². The first-order valence-corrected chi connectivity index (χ1v) is 43.9. The topological polar surface area (TPSA) is 387 Å². The Morgan fingerprint density at radius 3 is 1.18 bits per heavy atom. The molecule has 33 nitrogen and oxygen atoms in total. The van der Waals surface area contributed by atoms with Crippen LogP contribution in [0.4, 0.5) is 10.1 Å². The maximum Gasteiger partial charge on any atom is 0.274 e. The van der Waals surface area contributed by atoms with Crippen LogP contribution in [0.2, 0.25) is 0 Å². The molecule has 0 spiro atoms. The molecule has 2 aliphatic rings. The van der Waals surface area contributed by atoms with Crippen LogP contribution in [0.5, 0.6) is 28.7 Å². The summed E-state index contributed by atoms with van der Waals surface area (Å²) in [7, 11) is 3.12. The van der Waals surface area contributed by atoms with Gasteiger partial charge in [0, 0.05) is 98.6 Å². The van der Waals surface area contributed by atoms with Crippen molar-refractivity contribution < 1.29 is 32.8 Å². The van der Waals surface area contributed by atoms with Gasteiger partial charge in [-0.3, -0.25) is 49.5 Å². The minimum atomic E-state index is -0.342. The monoisotopic (exact) mass is 1810 g/mol. The lowest BCUT2D eigenvalue weighted by Gasteiger charge is -2.21. The van der Waals surface area contributed by atoms with Crippen LogP contribution in [0.3, 0.4) is 0 Å². The highest BCUT2D eigenvalue weighted by molar-refractivity contribution is 7.13. The van der Waals surface area contributed by atoms with Crippen molar-refractivity contribution in [2.24, 2.45) is 0 Å². The highest BCUT2D eigenvalue weighted by Gasteiger charge is 2.23. The molecule has 0 saturated heterocycles. The molecule has 20 aromatic rings. The molecule has 5 N–H and O–H groups in total. The van der Waals surface area contributed by atoms with E-state index in [0.717, 1.165) is 75.6 Å². The van der Waals surface area contributed by atoms with Crippen molar-refractivity contribution in [2.75, 3.05) is 25.7 Å². The number of hydrogen-bond donors (Lipinski definition) is 5. The van der Waals surface area contributed by atoms with E-state index in [0.29, 0.717) is 117 Å². The van der Waals surface area contributed by atoms with E-state index in [1.807, 2.05) is 194 Å². The summed E-state index contributed by atoms with van der Waals surface area (Å²) in [5, 5.41) is 17.9. The quantitative estimate of drug-likeness (QED) is 0.0421. The van der Waals surface area contributed by atoms with Gasteiger partial charge >= 0.3 is 0 Å². The highest BCUT2D eigenvalue weighted by Crippen LogP contribution is 2.34. The molecule has 672 valence electrons. The Kier molecular flexibility index (Phi) is 26.4. The molecule has 134 heavy (non-hydrogen) atoms. The summed E-state index contributed by atoms with van der Waals surface area (Å²) in [6.07, 6.45) is 7.25. The first-order valence-electron chi connectivity index (χ1n) is 43.1. The van der Waals surface area contributed by atoms with E-state index in [1.165, 1.54) is 83.4 Å². The van der Waals surface area contributed by atoms with Crippen LogP contribution in [-0.4, -0.2) is 130 Å². The predicted molar refractivity (Wildman–Crippen MR) is 504 cm³/mol. The average molecular weight is 1810 g/mol. The minimum Gasteiger partial charge on any atom is -0.493 e. The molecule has 12 heterocycles. The standard InChI is InChI=1S/C22H17N5O2S.C20H17N5O.C20H18N4O4.C19H15FN4O2.C18H20N4O2/c1-14-13-30-21(23-14)16-7-9-18(10-8-16)29-12-17-11-19(28)27-22(24-17)25-20(26-27)15-5-3-2-4-6-15;26-18-12-16(13-24-11-10-14-6-4-5-9-17(14)24)21-20-22-19(23-25(18)20)15-7-2-1-3-8-15;1-26-16-9-8-15(11-17(16)27-2)28-12-14-10-18(25)24-20(21-14)22-19(23-24)13-6-4-3-5-7-13;1-12-15(20)8-5-9-16(12)26-11-14-10-17(25)24-19(21-14)22-18(23-24)13-6-3-2-4-7-13;23-16-11-14(12-24-15-9-5-2-6-10-15)19-18-20-17(21-22(16)18)13-7-3-1-4-8-13/h2-11,13H,12H2,1H3,(H,24,25,26);1-9,12H,10-11,13H2,(H,21,22,23);3-11H,12H2,1-2H3,(H,21,22,23);2-10H,11H2,1H3,(H,21,22,23);1,3-4,7-8,11,15H,2,5-6,9-10,12H2,(H,19,20,21). The van der Waals surface area contributed by atoms with Crippen LogP contribution < -0.4 is 56.4 Å². The summed E-state index contributed by atoms with van der Waals surface area (Å²) in [4.78, 5) is 113. The number of halogens is 1. The predicted octanol–water partition coefficient (Wildman–Crippen LogP) is 15.5. The zero-order valence-corrected chi connectivity index (χ0v) is 73.7. The second-order valence-corrected chi connectivity index (χ2v) is 32.1. The maximum atomic E-state index is 13.6. The van der Waals surface area contributed by atoms with Gasteiger partial charge in [-0.2, -0.15) is 47.5 Å². The number of hydrogen-bond acceptors (Lipinski definition) is 24. The number of aryl methyl sites for hydroxylation is 1. The number of fused-ring (bicyclic) bond motifs is 6. The average Bonchev–Trinajstić information content (AvgIpc) is 1.66. The van der Waals surface area contributed by atoms with Crippen LogP contribution in [0.1, 0.15) is 77.4 Å². The summed E-state index contributed by atoms with van der Waals surface area (Å²) in [6, 6.07) is 81.3. The van der Waals surface area contributed by atoms with E-state index in [4.69, 9.17) is 28.4 Å². The lowest BCUT2D eigenvalue weighted by Crippen LogP contribution is -2.23. The molecule has 1 aliphatic heterocycles. The van der Waals surface area contributed by atoms with Gasteiger partial charge in [0.2, 0.25) is 0 Å². The lowest BCUT2D eigenvalue weighted by atomic mass is 9.98. The van der Waals surface area contributed by atoms with Crippen LogP contribution >= 0.6 is 11.3 Å². The number of thiazole rings is 1. The minimum absolute atomic E-state index is 0.0452. The van der Waals surface area contributed by atoms with Gasteiger partial charge in [0.1, 0.15) is 47.9 Å². The van der Waals surface area contributed by atoms with E-state index in [1.54, 1.807) is 68.9 Å². The second kappa shape index (κ2) is 40.4. The Morgan fingerprint density at radius 2 is 0.754 bits per heavy atom. The number of aromatic amines is 5. The number of anilines is 1. The van der Waals surface area contributed by atoms with Gasteiger partial charge in [-0.1, -0.05) is 195 Å². The van der Waals surface area contributed by atoms with E-state index >= 15 is 0 Å². The van der Waals surface area contributed by atoms with E-state index in [-0.39, 0.29) is 71.1 Å². The van der Waals surface area contributed by atoms with Gasteiger partial charge in [-0.05, 0) is 93.3 Å². The molecule has 11 aromatic heterocycles. The van der Waals surface area contributed by atoms with Gasteiger partial charge in [0.05, 0.1) is 61.9 Å². The Morgan fingerprint density at radius 1 is 0.366 bits per heavy atom. The molecule has 1 fully saturated rings. The number of ether oxygens (including phenoxy) is 6. The first-order chi connectivity index (χ1) is 65.5. The Hall–Kier alpha value is -17.0. The lowest BCUT2D eigenvalue weighted by molar-refractivity contribution is 0.0152. The third kappa shape index (κ3) is 20.7. The second-order valence-electron chi connectivity index (χ2n) is 31.2. The number of rotatable bonds is 22. The van der Waals surface area contributed by atoms with Crippen LogP contribution in [0.15, 0.2) is 296 Å². The molecule has 0 atom stereocenters. The number of nitrogens with zero attached hydrogens (tertiary/aromatic N) is 17. The molecular formula is C99H87FN22O11S. The molecule has 0 amide bonds. The van der Waals surface area contributed by atoms with Gasteiger partial charge < -0.3 is 33.3 Å². The summed E-state index contributed by atoms with van der Waals surface area (Å²) in [6.45, 7) is 5.87. The van der Waals surface area contributed by atoms with Gasteiger partial charge in [0.15, 0.2) is 40.6 Å². The Balaban J connectivity index is 0.000000112. The van der Waals surface area contributed by atoms with Crippen molar-refractivity contribution in [3.8, 4) is 96.3 Å². The third-order valence-electron chi connectivity index (χ3n) is 22.0. The smallest absolute Gasteiger partial charge is 0.274 e. The van der Waals surface area contributed by atoms with Crippen molar-refractivity contribution in [1.82, 2.24) is 103 Å². The van der Waals surface area contributed by atoms with E-state index < -0.39 is 0 Å².